The largest absolute Gasteiger partial charge is 0.497 e. The van der Waals surface area contributed by atoms with Crippen molar-refractivity contribution in [2.24, 2.45) is 0 Å². The van der Waals surface area contributed by atoms with E-state index in [0.717, 1.165) is 5.56 Å². The van der Waals surface area contributed by atoms with E-state index in [2.05, 4.69) is 10.6 Å². The molecule has 5 nitrogen and oxygen atoms in total. The summed E-state index contributed by atoms with van der Waals surface area (Å²) in [5, 5.41) is 5.21. The molecule has 2 aromatic carbocycles. The van der Waals surface area contributed by atoms with Gasteiger partial charge in [0.2, 0.25) is 0 Å². The fourth-order valence-electron chi connectivity index (χ4n) is 1.95. The first-order chi connectivity index (χ1) is 10.6. The van der Waals surface area contributed by atoms with Crippen molar-refractivity contribution < 1.29 is 14.3 Å². The fraction of sp³-hybridized carbons (Fsp3) is 0.176. The molecule has 2 N–H and O–H groups in total. The van der Waals surface area contributed by atoms with E-state index in [0.29, 0.717) is 11.4 Å². The summed E-state index contributed by atoms with van der Waals surface area (Å²) >= 11 is 0. The number of amides is 2. The molecule has 0 saturated heterocycles. The number of hydrogen-bond donors (Lipinski definition) is 2. The highest BCUT2D eigenvalue weighted by molar-refractivity contribution is 6.39. The second-order valence-corrected chi connectivity index (χ2v) is 4.79. The van der Waals surface area contributed by atoms with E-state index in [1.165, 1.54) is 0 Å². The SMILES string of the molecule is COc1ccc(NC(=O)C(=O)N[C@@H](C)c2ccccc2)cc1. The lowest BCUT2D eigenvalue weighted by molar-refractivity contribution is -0.136. The maximum atomic E-state index is 11.9. The number of nitrogens with one attached hydrogen (secondary N) is 2. The first-order valence-electron chi connectivity index (χ1n) is 6.91. The van der Waals surface area contributed by atoms with Crippen LogP contribution >= 0.6 is 0 Å². The van der Waals surface area contributed by atoms with Crippen LogP contribution in [-0.2, 0) is 9.59 Å². The normalized spacial score (nSPS) is 11.4. The molecule has 0 spiro atoms. The van der Waals surface area contributed by atoms with Gasteiger partial charge in [0, 0.05) is 5.69 Å². The van der Waals surface area contributed by atoms with Crippen molar-refractivity contribution in [1.82, 2.24) is 5.32 Å². The van der Waals surface area contributed by atoms with Gasteiger partial charge in [-0.1, -0.05) is 30.3 Å². The third kappa shape index (κ3) is 4.09. The molecule has 0 aromatic heterocycles. The van der Waals surface area contributed by atoms with E-state index in [1.54, 1.807) is 31.4 Å². The second-order valence-electron chi connectivity index (χ2n) is 4.79. The average molecular weight is 298 g/mol. The van der Waals surface area contributed by atoms with Crippen molar-refractivity contribution in [1.29, 1.82) is 0 Å². The van der Waals surface area contributed by atoms with Crippen LogP contribution in [0.15, 0.2) is 54.6 Å². The lowest BCUT2D eigenvalue weighted by Gasteiger charge is -2.14. The highest BCUT2D eigenvalue weighted by Gasteiger charge is 2.17. The molecule has 5 heteroatoms. The molecule has 2 amide bonds. The lowest BCUT2D eigenvalue weighted by atomic mass is 10.1. The highest BCUT2D eigenvalue weighted by atomic mass is 16.5. The molecule has 0 unspecified atom stereocenters. The molecular formula is C17H18N2O3. The monoisotopic (exact) mass is 298 g/mol. The van der Waals surface area contributed by atoms with Gasteiger partial charge < -0.3 is 15.4 Å². The Kier molecular flexibility index (Phi) is 5.14. The molecule has 114 valence electrons. The van der Waals surface area contributed by atoms with Crippen LogP contribution in [-0.4, -0.2) is 18.9 Å². The topological polar surface area (TPSA) is 67.4 Å². The Hall–Kier alpha value is -2.82. The maximum Gasteiger partial charge on any atom is 0.313 e. The number of ether oxygens (including phenoxy) is 1. The molecule has 0 saturated carbocycles. The van der Waals surface area contributed by atoms with Crippen molar-refractivity contribution in [3.8, 4) is 5.75 Å². The molecule has 0 aliphatic rings. The van der Waals surface area contributed by atoms with Crippen molar-refractivity contribution in [3.05, 3.63) is 60.2 Å². The Bertz CT molecular complexity index is 639. The fourth-order valence-corrected chi connectivity index (χ4v) is 1.95. The van der Waals surface area contributed by atoms with E-state index in [-0.39, 0.29) is 6.04 Å². The summed E-state index contributed by atoms with van der Waals surface area (Å²) in [5.41, 5.74) is 1.47. The molecular weight excluding hydrogens is 280 g/mol. The van der Waals surface area contributed by atoms with Gasteiger partial charge in [-0.15, -0.1) is 0 Å². The summed E-state index contributed by atoms with van der Waals surface area (Å²) in [6.45, 7) is 1.83. The van der Waals surface area contributed by atoms with E-state index < -0.39 is 11.8 Å². The summed E-state index contributed by atoms with van der Waals surface area (Å²) in [5.74, 6) is -0.694. The second kappa shape index (κ2) is 7.26. The predicted octanol–water partition coefficient (Wildman–Crippen LogP) is 2.51. The minimum absolute atomic E-state index is 0.240. The van der Waals surface area contributed by atoms with Gasteiger partial charge in [0.15, 0.2) is 0 Å². The van der Waals surface area contributed by atoms with Gasteiger partial charge >= 0.3 is 11.8 Å². The molecule has 0 bridgehead atoms. The zero-order valence-electron chi connectivity index (χ0n) is 12.5. The molecule has 2 aromatic rings. The van der Waals surface area contributed by atoms with Crippen molar-refractivity contribution >= 4 is 17.5 Å². The molecule has 1 atom stereocenters. The molecule has 22 heavy (non-hydrogen) atoms. The van der Waals surface area contributed by atoms with Crippen LogP contribution in [0.25, 0.3) is 0 Å². The number of anilines is 1. The van der Waals surface area contributed by atoms with Crippen LogP contribution in [0, 0.1) is 0 Å². The minimum Gasteiger partial charge on any atom is -0.497 e. The quantitative estimate of drug-likeness (QED) is 0.852. The Morgan fingerprint density at radius 3 is 2.18 bits per heavy atom. The standard InChI is InChI=1S/C17H18N2O3/c1-12(13-6-4-3-5-7-13)18-16(20)17(21)19-14-8-10-15(22-2)11-9-14/h3-12H,1-2H3,(H,18,20)(H,19,21)/t12-/m0/s1. The van der Waals surface area contributed by atoms with Gasteiger partial charge in [0.05, 0.1) is 13.2 Å². The Balaban J connectivity index is 1.93. The van der Waals surface area contributed by atoms with Crippen molar-refractivity contribution in [2.45, 2.75) is 13.0 Å². The lowest BCUT2D eigenvalue weighted by Crippen LogP contribution is -2.36. The smallest absolute Gasteiger partial charge is 0.313 e. The molecule has 0 fully saturated rings. The van der Waals surface area contributed by atoms with Crippen LogP contribution < -0.4 is 15.4 Å². The van der Waals surface area contributed by atoms with Crippen LogP contribution in [0.2, 0.25) is 0 Å². The summed E-state index contributed by atoms with van der Waals surface area (Å²) in [6, 6.07) is 16.0. The number of hydrogen-bond acceptors (Lipinski definition) is 3. The minimum atomic E-state index is -0.701. The predicted molar refractivity (Wildman–Crippen MR) is 84.6 cm³/mol. The summed E-state index contributed by atoms with van der Waals surface area (Å²) in [4.78, 5) is 23.8. The number of carbonyl (C=O) groups is 2. The van der Waals surface area contributed by atoms with Crippen LogP contribution in [0.5, 0.6) is 5.75 Å². The van der Waals surface area contributed by atoms with Gasteiger partial charge in [-0.25, -0.2) is 0 Å². The Morgan fingerprint density at radius 1 is 0.955 bits per heavy atom. The van der Waals surface area contributed by atoms with Gasteiger partial charge in [0.1, 0.15) is 5.75 Å². The zero-order chi connectivity index (χ0) is 15.9. The molecule has 0 aliphatic carbocycles. The van der Waals surface area contributed by atoms with E-state index in [4.69, 9.17) is 4.74 Å². The first-order valence-corrected chi connectivity index (χ1v) is 6.91. The van der Waals surface area contributed by atoms with Crippen molar-refractivity contribution in [2.75, 3.05) is 12.4 Å². The van der Waals surface area contributed by atoms with Crippen molar-refractivity contribution in [3.63, 3.8) is 0 Å². The third-order valence-electron chi connectivity index (χ3n) is 3.20. The third-order valence-corrected chi connectivity index (χ3v) is 3.20. The van der Waals surface area contributed by atoms with Crippen LogP contribution in [0.1, 0.15) is 18.5 Å². The first kappa shape index (κ1) is 15.6. The number of benzene rings is 2. The number of rotatable bonds is 4. The van der Waals surface area contributed by atoms with Gasteiger partial charge in [-0.2, -0.15) is 0 Å². The van der Waals surface area contributed by atoms with E-state index in [9.17, 15) is 9.59 Å². The van der Waals surface area contributed by atoms with Gasteiger partial charge in [0.25, 0.3) is 0 Å². The van der Waals surface area contributed by atoms with E-state index in [1.807, 2.05) is 37.3 Å². The van der Waals surface area contributed by atoms with Crippen LogP contribution in [0.4, 0.5) is 5.69 Å². The molecule has 0 radical (unpaired) electrons. The van der Waals surface area contributed by atoms with E-state index >= 15 is 0 Å². The average Bonchev–Trinajstić information content (AvgIpc) is 2.56. The number of methoxy groups -OCH3 is 1. The Morgan fingerprint density at radius 2 is 1.59 bits per heavy atom. The molecule has 2 rings (SSSR count). The number of carbonyl (C=O) groups excluding carboxylic acids is 2. The van der Waals surface area contributed by atoms with Gasteiger partial charge in [-0.3, -0.25) is 9.59 Å². The molecule has 0 heterocycles. The summed E-state index contributed by atoms with van der Waals surface area (Å²) in [7, 11) is 1.56. The highest BCUT2D eigenvalue weighted by Crippen LogP contribution is 2.15. The summed E-state index contributed by atoms with van der Waals surface area (Å²) < 4.78 is 5.03. The van der Waals surface area contributed by atoms with Crippen LogP contribution in [0.3, 0.4) is 0 Å². The zero-order valence-corrected chi connectivity index (χ0v) is 12.5. The molecule has 0 aliphatic heterocycles. The van der Waals surface area contributed by atoms with Gasteiger partial charge in [-0.05, 0) is 36.8 Å². The summed E-state index contributed by atoms with van der Waals surface area (Å²) in [6.07, 6.45) is 0. The Labute approximate surface area is 129 Å². The maximum absolute atomic E-state index is 11.9.